The Labute approximate surface area is 117 Å². The van der Waals surface area contributed by atoms with Crippen molar-refractivity contribution in [2.24, 2.45) is 0 Å². The highest BCUT2D eigenvalue weighted by Crippen LogP contribution is 2.19. The number of urea groups is 1. The molecule has 0 radical (unpaired) electrons. The molecule has 0 unspecified atom stereocenters. The third kappa shape index (κ3) is 4.08. The van der Waals surface area contributed by atoms with E-state index in [1.54, 1.807) is 0 Å². The molecule has 0 spiro atoms. The van der Waals surface area contributed by atoms with Crippen molar-refractivity contribution in [3.05, 3.63) is 29.0 Å². The van der Waals surface area contributed by atoms with Crippen LogP contribution in [0.2, 0.25) is 5.02 Å². The van der Waals surface area contributed by atoms with Crippen molar-refractivity contribution in [2.75, 3.05) is 11.9 Å². The van der Waals surface area contributed by atoms with Gasteiger partial charge in [0.2, 0.25) is 0 Å². The van der Waals surface area contributed by atoms with Crippen LogP contribution in [0, 0.1) is 5.82 Å². The van der Waals surface area contributed by atoms with E-state index in [1.807, 2.05) is 13.8 Å². The molecular formula is C13H18ClFN2O2. The summed E-state index contributed by atoms with van der Waals surface area (Å²) < 4.78 is 13.5. The van der Waals surface area contributed by atoms with Gasteiger partial charge in [-0.2, -0.15) is 0 Å². The van der Waals surface area contributed by atoms with E-state index < -0.39 is 17.4 Å². The van der Waals surface area contributed by atoms with E-state index >= 15 is 0 Å². The number of nitrogens with one attached hydrogen (secondary N) is 2. The normalized spacial score (nSPS) is 11.2. The van der Waals surface area contributed by atoms with E-state index in [2.05, 4.69) is 10.6 Å². The molecule has 2 amide bonds. The summed E-state index contributed by atoms with van der Waals surface area (Å²) in [4.78, 5) is 11.8. The Kier molecular flexibility index (Phi) is 5.57. The Morgan fingerprint density at radius 2 is 2.05 bits per heavy atom. The van der Waals surface area contributed by atoms with Crippen molar-refractivity contribution >= 4 is 23.3 Å². The molecule has 3 N–H and O–H groups in total. The molecule has 0 atom stereocenters. The summed E-state index contributed by atoms with van der Waals surface area (Å²) in [5, 5.41) is 14.7. The Hall–Kier alpha value is -1.33. The molecule has 0 bridgehead atoms. The molecule has 0 saturated carbocycles. The number of benzene rings is 1. The number of aliphatic hydroxyl groups is 1. The molecule has 1 aromatic rings. The monoisotopic (exact) mass is 288 g/mol. The smallest absolute Gasteiger partial charge is 0.319 e. The summed E-state index contributed by atoms with van der Waals surface area (Å²) >= 11 is 5.63. The van der Waals surface area contributed by atoms with E-state index in [4.69, 9.17) is 11.6 Å². The summed E-state index contributed by atoms with van der Waals surface area (Å²) in [6.07, 6.45) is 1.16. The van der Waals surface area contributed by atoms with Crippen molar-refractivity contribution in [2.45, 2.75) is 32.2 Å². The fourth-order valence-corrected chi connectivity index (χ4v) is 1.83. The van der Waals surface area contributed by atoms with Crippen LogP contribution < -0.4 is 10.6 Å². The van der Waals surface area contributed by atoms with Crippen molar-refractivity contribution in [3.8, 4) is 0 Å². The SMILES string of the molecule is CCC(CC)(CO)NC(=O)Nc1ccc(Cl)cc1F. The summed E-state index contributed by atoms with van der Waals surface area (Å²) in [5.74, 6) is -0.606. The zero-order valence-corrected chi connectivity index (χ0v) is 11.7. The molecular weight excluding hydrogens is 271 g/mol. The van der Waals surface area contributed by atoms with Gasteiger partial charge in [-0.15, -0.1) is 0 Å². The number of anilines is 1. The van der Waals surface area contributed by atoms with Crippen LogP contribution in [0.5, 0.6) is 0 Å². The number of halogens is 2. The first-order valence-corrected chi connectivity index (χ1v) is 6.49. The molecule has 1 aromatic carbocycles. The van der Waals surface area contributed by atoms with E-state index in [9.17, 15) is 14.3 Å². The standard InChI is InChI=1S/C13H18ClFN2O2/c1-3-13(4-2,8-18)17-12(19)16-11-6-5-9(14)7-10(11)15/h5-7,18H,3-4,8H2,1-2H3,(H2,16,17,19). The van der Waals surface area contributed by atoms with Crippen molar-refractivity contribution < 1.29 is 14.3 Å². The van der Waals surface area contributed by atoms with Gasteiger partial charge in [0.1, 0.15) is 5.82 Å². The minimum Gasteiger partial charge on any atom is -0.394 e. The van der Waals surface area contributed by atoms with Crippen LogP contribution in [-0.4, -0.2) is 23.3 Å². The van der Waals surface area contributed by atoms with E-state index in [-0.39, 0.29) is 17.3 Å². The second kappa shape index (κ2) is 6.73. The fourth-order valence-electron chi connectivity index (χ4n) is 1.68. The molecule has 6 heteroatoms. The molecule has 0 heterocycles. The molecule has 0 fully saturated rings. The van der Waals surface area contributed by atoms with Gasteiger partial charge in [-0.25, -0.2) is 9.18 Å². The minimum atomic E-state index is -0.688. The van der Waals surface area contributed by atoms with Gasteiger partial charge in [0.15, 0.2) is 0 Å². The Bertz CT molecular complexity index is 442. The van der Waals surface area contributed by atoms with Crippen LogP contribution >= 0.6 is 11.6 Å². The Morgan fingerprint density at radius 1 is 1.42 bits per heavy atom. The molecule has 4 nitrogen and oxygen atoms in total. The molecule has 106 valence electrons. The predicted molar refractivity (Wildman–Crippen MR) is 74.0 cm³/mol. The van der Waals surface area contributed by atoms with Gasteiger partial charge in [0.05, 0.1) is 17.8 Å². The number of hydrogen-bond acceptors (Lipinski definition) is 2. The lowest BCUT2D eigenvalue weighted by Gasteiger charge is -2.30. The number of aliphatic hydroxyl groups excluding tert-OH is 1. The predicted octanol–water partition coefficient (Wildman–Crippen LogP) is 3.15. The van der Waals surface area contributed by atoms with Gasteiger partial charge in [-0.3, -0.25) is 0 Å². The zero-order valence-electron chi connectivity index (χ0n) is 11.0. The molecule has 0 aromatic heterocycles. The molecule has 0 aliphatic carbocycles. The second-order valence-electron chi connectivity index (χ2n) is 4.35. The van der Waals surface area contributed by atoms with Gasteiger partial charge >= 0.3 is 6.03 Å². The van der Waals surface area contributed by atoms with E-state index in [0.717, 1.165) is 6.07 Å². The van der Waals surface area contributed by atoms with Gasteiger partial charge in [-0.05, 0) is 31.0 Å². The third-order valence-electron chi connectivity index (χ3n) is 3.21. The van der Waals surface area contributed by atoms with Gasteiger partial charge in [0.25, 0.3) is 0 Å². The fraction of sp³-hybridized carbons (Fsp3) is 0.462. The molecule has 0 aliphatic heterocycles. The average molecular weight is 289 g/mol. The lowest BCUT2D eigenvalue weighted by molar-refractivity contribution is 0.155. The highest BCUT2D eigenvalue weighted by molar-refractivity contribution is 6.30. The minimum absolute atomic E-state index is 0.0425. The van der Waals surface area contributed by atoms with Crippen molar-refractivity contribution in [1.29, 1.82) is 0 Å². The number of rotatable bonds is 5. The molecule has 0 aliphatic rings. The lowest BCUT2D eigenvalue weighted by Crippen LogP contribution is -2.52. The molecule has 19 heavy (non-hydrogen) atoms. The van der Waals surface area contributed by atoms with Crippen LogP contribution in [0.25, 0.3) is 0 Å². The van der Waals surface area contributed by atoms with E-state index in [1.165, 1.54) is 12.1 Å². The molecule has 1 rings (SSSR count). The molecule has 0 saturated heterocycles. The van der Waals surface area contributed by atoms with Crippen molar-refractivity contribution in [1.82, 2.24) is 5.32 Å². The number of amides is 2. The Morgan fingerprint density at radius 3 is 2.53 bits per heavy atom. The average Bonchev–Trinajstić information content (AvgIpc) is 2.39. The second-order valence-corrected chi connectivity index (χ2v) is 4.79. The summed E-state index contributed by atoms with van der Waals surface area (Å²) in [7, 11) is 0. The third-order valence-corrected chi connectivity index (χ3v) is 3.45. The summed E-state index contributed by atoms with van der Waals surface area (Å²) in [6, 6.07) is 3.43. The number of carbonyl (C=O) groups is 1. The highest BCUT2D eigenvalue weighted by Gasteiger charge is 2.27. The summed E-state index contributed by atoms with van der Waals surface area (Å²) in [5.41, 5.74) is -0.645. The van der Waals surface area contributed by atoms with Crippen LogP contribution in [0.4, 0.5) is 14.9 Å². The number of carbonyl (C=O) groups excluding carboxylic acids is 1. The lowest BCUT2D eigenvalue weighted by atomic mass is 9.94. The van der Waals surface area contributed by atoms with Gasteiger partial charge in [0, 0.05) is 5.02 Å². The first kappa shape index (κ1) is 15.7. The zero-order chi connectivity index (χ0) is 14.5. The van der Waals surface area contributed by atoms with Crippen molar-refractivity contribution in [3.63, 3.8) is 0 Å². The maximum atomic E-state index is 13.5. The first-order chi connectivity index (χ1) is 8.96. The largest absolute Gasteiger partial charge is 0.394 e. The van der Waals surface area contributed by atoms with Crippen LogP contribution in [-0.2, 0) is 0 Å². The highest BCUT2D eigenvalue weighted by atomic mass is 35.5. The Balaban J connectivity index is 2.74. The topological polar surface area (TPSA) is 61.4 Å². The van der Waals surface area contributed by atoms with Crippen LogP contribution in [0.1, 0.15) is 26.7 Å². The van der Waals surface area contributed by atoms with Crippen LogP contribution in [0.15, 0.2) is 18.2 Å². The van der Waals surface area contributed by atoms with Gasteiger partial charge in [-0.1, -0.05) is 25.4 Å². The summed E-state index contributed by atoms with van der Waals surface area (Å²) in [6.45, 7) is 3.56. The van der Waals surface area contributed by atoms with Gasteiger partial charge < -0.3 is 15.7 Å². The first-order valence-electron chi connectivity index (χ1n) is 6.11. The maximum Gasteiger partial charge on any atom is 0.319 e. The maximum absolute atomic E-state index is 13.5. The number of hydrogen-bond donors (Lipinski definition) is 3. The van der Waals surface area contributed by atoms with Crippen LogP contribution in [0.3, 0.4) is 0 Å². The van der Waals surface area contributed by atoms with E-state index in [0.29, 0.717) is 12.8 Å². The quantitative estimate of drug-likeness (QED) is 0.779.